The Morgan fingerprint density at radius 2 is 1.78 bits per heavy atom. The van der Waals surface area contributed by atoms with Gasteiger partial charge in [-0.05, 0) is 31.5 Å². The summed E-state index contributed by atoms with van der Waals surface area (Å²) in [5.74, 6) is -0.804. The SMILES string of the molecule is Cc1cc(F)c2nc(C(F)(F)F)c(C)c(N)c2c1. The van der Waals surface area contributed by atoms with Crippen molar-refractivity contribution in [1.82, 2.24) is 4.98 Å². The van der Waals surface area contributed by atoms with Gasteiger partial charge in [0.1, 0.15) is 17.0 Å². The molecular formula is C12H10F4N2. The molecule has 0 unspecified atom stereocenters. The predicted molar refractivity (Wildman–Crippen MR) is 60.6 cm³/mol. The number of halogens is 4. The molecule has 0 bridgehead atoms. The van der Waals surface area contributed by atoms with E-state index < -0.39 is 17.7 Å². The van der Waals surface area contributed by atoms with Crippen LogP contribution >= 0.6 is 0 Å². The number of hydrogen-bond acceptors (Lipinski definition) is 2. The van der Waals surface area contributed by atoms with Gasteiger partial charge in [-0.25, -0.2) is 9.37 Å². The Balaban J connectivity index is 2.93. The first-order valence-electron chi connectivity index (χ1n) is 5.15. The van der Waals surface area contributed by atoms with Crippen LogP contribution in [0.15, 0.2) is 12.1 Å². The molecule has 2 rings (SSSR count). The number of hydrogen-bond donors (Lipinski definition) is 1. The van der Waals surface area contributed by atoms with Gasteiger partial charge in [-0.2, -0.15) is 13.2 Å². The van der Waals surface area contributed by atoms with Crippen molar-refractivity contribution in [2.24, 2.45) is 0 Å². The maximum atomic E-state index is 13.6. The summed E-state index contributed by atoms with van der Waals surface area (Å²) in [5, 5.41) is 0.206. The van der Waals surface area contributed by atoms with E-state index in [0.29, 0.717) is 5.56 Å². The van der Waals surface area contributed by atoms with Gasteiger partial charge in [0, 0.05) is 16.6 Å². The number of benzene rings is 1. The number of anilines is 1. The lowest BCUT2D eigenvalue weighted by molar-refractivity contribution is -0.141. The maximum absolute atomic E-state index is 13.6. The fourth-order valence-corrected chi connectivity index (χ4v) is 1.85. The van der Waals surface area contributed by atoms with E-state index in [2.05, 4.69) is 4.98 Å². The zero-order chi connectivity index (χ0) is 13.7. The van der Waals surface area contributed by atoms with Crippen molar-refractivity contribution in [3.05, 3.63) is 34.8 Å². The van der Waals surface area contributed by atoms with Crippen LogP contribution in [0.4, 0.5) is 23.2 Å². The first-order valence-corrected chi connectivity index (χ1v) is 5.15. The molecule has 0 aliphatic heterocycles. The van der Waals surface area contributed by atoms with Crippen LogP contribution in [-0.2, 0) is 6.18 Å². The topological polar surface area (TPSA) is 38.9 Å². The molecular weight excluding hydrogens is 248 g/mol. The van der Waals surface area contributed by atoms with Crippen molar-refractivity contribution in [2.45, 2.75) is 20.0 Å². The number of aryl methyl sites for hydroxylation is 1. The fraction of sp³-hybridized carbons (Fsp3) is 0.250. The van der Waals surface area contributed by atoms with E-state index in [1.807, 2.05) is 0 Å². The van der Waals surface area contributed by atoms with Crippen molar-refractivity contribution in [2.75, 3.05) is 5.73 Å². The highest BCUT2D eigenvalue weighted by Gasteiger charge is 2.36. The van der Waals surface area contributed by atoms with Gasteiger partial charge in [0.05, 0.1) is 0 Å². The highest BCUT2D eigenvalue weighted by atomic mass is 19.4. The third-order valence-corrected chi connectivity index (χ3v) is 2.75. The standard InChI is InChI=1S/C12H10F4N2/c1-5-3-7-9(17)6(2)11(12(14,15)16)18-10(7)8(13)4-5/h3-4H,1-2H3,(H2,17,18). The Hall–Kier alpha value is -1.85. The van der Waals surface area contributed by atoms with Gasteiger partial charge in [0.25, 0.3) is 0 Å². The van der Waals surface area contributed by atoms with Crippen LogP contribution in [0, 0.1) is 19.7 Å². The largest absolute Gasteiger partial charge is 0.433 e. The van der Waals surface area contributed by atoms with Crippen molar-refractivity contribution >= 4 is 16.6 Å². The number of pyridine rings is 1. The molecule has 1 aromatic carbocycles. The Kier molecular flexibility index (Phi) is 2.68. The zero-order valence-electron chi connectivity index (χ0n) is 9.69. The minimum Gasteiger partial charge on any atom is -0.398 e. The predicted octanol–water partition coefficient (Wildman–Crippen LogP) is 3.59. The molecule has 0 saturated carbocycles. The second-order valence-corrected chi connectivity index (χ2v) is 4.14. The molecule has 6 heteroatoms. The first-order chi connectivity index (χ1) is 8.21. The minimum absolute atomic E-state index is 0.0880. The molecule has 96 valence electrons. The number of nitrogens with two attached hydrogens (primary N) is 1. The number of nitrogens with zero attached hydrogens (tertiary/aromatic N) is 1. The van der Waals surface area contributed by atoms with Gasteiger partial charge in [-0.3, -0.25) is 0 Å². The average Bonchev–Trinajstić information content (AvgIpc) is 2.22. The summed E-state index contributed by atoms with van der Waals surface area (Å²) in [6.45, 7) is 2.86. The van der Waals surface area contributed by atoms with Crippen molar-refractivity contribution in [3.63, 3.8) is 0 Å². The molecule has 2 N–H and O–H groups in total. The molecule has 0 radical (unpaired) electrons. The van der Waals surface area contributed by atoms with Crippen LogP contribution in [0.25, 0.3) is 10.9 Å². The first kappa shape index (κ1) is 12.6. The van der Waals surface area contributed by atoms with Crippen molar-refractivity contribution in [3.8, 4) is 0 Å². The Bertz CT molecular complexity index is 632. The fourth-order valence-electron chi connectivity index (χ4n) is 1.85. The van der Waals surface area contributed by atoms with Gasteiger partial charge in [-0.1, -0.05) is 0 Å². The average molecular weight is 258 g/mol. The minimum atomic E-state index is -4.65. The molecule has 1 heterocycles. The number of fused-ring (bicyclic) bond motifs is 1. The number of alkyl halides is 3. The van der Waals surface area contributed by atoms with Crippen LogP contribution in [0.2, 0.25) is 0 Å². The highest BCUT2D eigenvalue weighted by molar-refractivity contribution is 5.93. The third kappa shape index (κ3) is 1.87. The van der Waals surface area contributed by atoms with E-state index >= 15 is 0 Å². The second-order valence-electron chi connectivity index (χ2n) is 4.14. The van der Waals surface area contributed by atoms with E-state index in [1.54, 1.807) is 6.92 Å². The van der Waals surface area contributed by atoms with E-state index in [9.17, 15) is 17.6 Å². The Labute approximate surface area is 100 Å². The lowest BCUT2D eigenvalue weighted by Crippen LogP contribution is -2.13. The third-order valence-electron chi connectivity index (χ3n) is 2.75. The van der Waals surface area contributed by atoms with Gasteiger partial charge in [-0.15, -0.1) is 0 Å². The molecule has 0 atom stereocenters. The quantitative estimate of drug-likeness (QED) is 0.733. The van der Waals surface area contributed by atoms with Gasteiger partial charge >= 0.3 is 6.18 Å². The van der Waals surface area contributed by atoms with Gasteiger partial charge in [0.15, 0.2) is 0 Å². The molecule has 0 aliphatic rings. The Morgan fingerprint density at radius 1 is 1.17 bits per heavy atom. The molecule has 2 nitrogen and oxygen atoms in total. The van der Waals surface area contributed by atoms with Crippen LogP contribution in [0.1, 0.15) is 16.8 Å². The van der Waals surface area contributed by atoms with E-state index in [4.69, 9.17) is 5.73 Å². The van der Waals surface area contributed by atoms with E-state index in [0.717, 1.165) is 6.07 Å². The van der Waals surface area contributed by atoms with Gasteiger partial charge in [0.2, 0.25) is 0 Å². The summed E-state index contributed by atoms with van der Waals surface area (Å²) in [7, 11) is 0. The summed E-state index contributed by atoms with van der Waals surface area (Å²) in [4.78, 5) is 3.37. The molecule has 0 spiro atoms. The van der Waals surface area contributed by atoms with Crippen molar-refractivity contribution < 1.29 is 17.6 Å². The molecule has 0 fully saturated rings. The molecule has 0 aliphatic carbocycles. The normalized spacial score (nSPS) is 12.1. The zero-order valence-corrected chi connectivity index (χ0v) is 9.69. The number of nitrogen functional groups attached to an aromatic ring is 1. The van der Waals surface area contributed by atoms with E-state index in [-0.39, 0.29) is 22.2 Å². The summed E-state index contributed by atoms with van der Waals surface area (Å²) < 4.78 is 51.8. The molecule has 18 heavy (non-hydrogen) atoms. The van der Waals surface area contributed by atoms with Crippen LogP contribution in [0.3, 0.4) is 0 Å². The molecule has 2 aromatic rings. The lowest BCUT2D eigenvalue weighted by atomic mass is 10.0. The van der Waals surface area contributed by atoms with Crippen LogP contribution in [-0.4, -0.2) is 4.98 Å². The van der Waals surface area contributed by atoms with Gasteiger partial charge < -0.3 is 5.73 Å². The summed E-state index contributed by atoms with van der Waals surface area (Å²) in [5.41, 5.74) is 4.46. The summed E-state index contributed by atoms with van der Waals surface area (Å²) >= 11 is 0. The molecule has 1 aromatic heterocycles. The smallest absolute Gasteiger partial charge is 0.398 e. The monoisotopic (exact) mass is 258 g/mol. The molecule has 0 saturated heterocycles. The van der Waals surface area contributed by atoms with Crippen molar-refractivity contribution in [1.29, 1.82) is 0 Å². The summed E-state index contributed by atoms with van der Waals surface area (Å²) in [6.07, 6.45) is -4.65. The van der Waals surface area contributed by atoms with Crippen LogP contribution in [0.5, 0.6) is 0 Å². The number of rotatable bonds is 0. The van der Waals surface area contributed by atoms with E-state index in [1.165, 1.54) is 13.0 Å². The maximum Gasteiger partial charge on any atom is 0.433 e. The summed E-state index contributed by atoms with van der Waals surface area (Å²) in [6, 6.07) is 2.65. The highest BCUT2D eigenvalue weighted by Crippen LogP contribution is 2.36. The lowest BCUT2D eigenvalue weighted by Gasteiger charge is -2.14. The molecule has 0 amide bonds. The van der Waals surface area contributed by atoms with Crippen LogP contribution < -0.4 is 5.73 Å². The number of aromatic nitrogens is 1. The second kappa shape index (κ2) is 3.83. The Morgan fingerprint density at radius 3 is 2.33 bits per heavy atom.